The summed E-state index contributed by atoms with van der Waals surface area (Å²) in [7, 11) is -1.96. The molecule has 0 saturated heterocycles. The van der Waals surface area contributed by atoms with E-state index in [1.165, 1.54) is 4.31 Å². The van der Waals surface area contributed by atoms with E-state index in [1.54, 1.807) is 20.0 Å². The third-order valence-electron chi connectivity index (χ3n) is 4.16. The topological polar surface area (TPSA) is 57.6 Å². The molecule has 1 rings (SSSR count). The Labute approximate surface area is 122 Å². The molecule has 1 aromatic rings. The summed E-state index contributed by atoms with van der Waals surface area (Å²) >= 11 is 0. The first-order valence-corrected chi connectivity index (χ1v) is 8.22. The smallest absolute Gasteiger partial charge is 0.243 e. The summed E-state index contributed by atoms with van der Waals surface area (Å²) in [5.74, 6) is 0. The van der Waals surface area contributed by atoms with Gasteiger partial charge in [-0.25, -0.2) is 8.42 Å². The van der Waals surface area contributed by atoms with Crippen molar-refractivity contribution in [2.75, 3.05) is 7.05 Å². The van der Waals surface area contributed by atoms with E-state index in [0.717, 1.165) is 12.0 Å². The van der Waals surface area contributed by atoms with Gasteiger partial charge in [-0.2, -0.15) is 4.31 Å². The molecule has 0 aliphatic rings. The molecule has 0 heterocycles. The number of benzene rings is 1. The average Bonchev–Trinajstić information content (AvgIpc) is 2.37. The molecule has 0 aliphatic heterocycles. The number of hydrogen-bond donors (Lipinski definition) is 1. The van der Waals surface area contributed by atoms with Gasteiger partial charge in [-0.05, 0) is 56.9 Å². The normalized spacial score (nSPS) is 13.0. The maximum atomic E-state index is 12.8. The zero-order valence-corrected chi connectivity index (χ0v) is 14.0. The summed E-state index contributed by atoms with van der Waals surface area (Å²) in [6, 6.07) is 3.40. The van der Waals surface area contributed by atoms with E-state index in [9.17, 15) is 13.5 Å². The van der Waals surface area contributed by atoms with E-state index in [0.29, 0.717) is 11.1 Å². The SMILES string of the molecule is CCC(C)(C)N(C)S(=O)(=O)c1cc(CO)c(C)cc1C. The van der Waals surface area contributed by atoms with Crippen LogP contribution in [0.15, 0.2) is 17.0 Å². The van der Waals surface area contributed by atoms with E-state index in [-0.39, 0.29) is 11.5 Å². The van der Waals surface area contributed by atoms with Gasteiger partial charge in [0.25, 0.3) is 0 Å². The summed E-state index contributed by atoms with van der Waals surface area (Å²) < 4.78 is 27.0. The maximum absolute atomic E-state index is 12.8. The van der Waals surface area contributed by atoms with Gasteiger partial charge in [0, 0.05) is 12.6 Å². The van der Waals surface area contributed by atoms with E-state index >= 15 is 0 Å². The predicted octanol–water partition coefficient (Wildman–Crippen LogP) is 2.60. The van der Waals surface area contributed by atoms with Crippen LogP contribution in [-0.2, 0) is 16.6 Å². The van der Waals surface area contributed by atoms with Crippen molar-refractivity contribution in [1.29, 1.82) is 0 Å². The van der Waals surface area contributed by atoms with Gasteiger partial charge < -0.3 is 5.11 Å². The summed E-state index contributed by atoms with van der Waals surface area (Å²) in [5, 5.41) is 9.34. The van der Waals surface area contributed by atoms with E-state index in [1.807, 2.05) is 33.8 Å². The second kappa shape index (κ2) is 5.84. The molecule has 0 saturated carbocycles. The lowest BCUT2D eigenvalue weighted by molar-refractivity contribution is 0.257. The highest BCUT2D eigenvalue weighted by Crippen LogP contribution is 2.28. The highest BCUT2D eigenvalue weighted by atomic mass is 32.2. The molecular weight excluding hydrogens is 274 g/mol. The van der Waals surface area contributed by atoms with Crippen molar-refractivity contribution in [3.8, 4) is 0 Å². The first-order chi connectivity index (χ1) is 9.07. The lowest BCUT2D eigenvalue weighted by Gasteiger charge is -2.34. The minimum Gasteiger partial charge on any atom is -0.392 e. The minimum atomic E-state index is -3.57. The van der Waals surface area contributed by atoms with Crippen molar-refractivity contribution < 1.29 is 13.5 Å². The van der Waals surface area contributed by atoms with Crippen molar-refractivity contribution in [3.63, 3.8) is 0 Å². The van der Waals surface area contributed by atoms with Gasteiger partial charge in [0.05, 0.1) is 11.5 Å². The molecule has 0 aliphatic carbocycles. The predicted molar refractivity (Wildman–Crippen MR) is 81.2 cm³/mol. The van der Waals surface area contributed by atoms with Crippen LogP contribution in [0.5, 0.6) is 0 Å². The van der Waals surface area contributed by atoms with Crippen LogP contribution >= 0.6 is 0 Å². The number of rotatable bonds is 5. The second-order valence-electron chi connectivity index (χ2n) is 5.84. The van der Waals surface area contributed by atoms with Gasteiger partial charge in [0.1, 0.15) is 0 Å². The van der Waals surface area contributed by atoms with Crippen LogP contribution in [0.1, 0.15) is 43.9 Å². The lowest BCUT2D eigenvalue weighted by Crippen LogP contribution is -2.44. The van der Waals surface area contributed by atoms with E-state index < -0.39 is 15.6 Å². The molecule has 114 valence electrons. The fourth-order valence-corrected chi connectivity index (χ4v) is 3.85. The largest absolute Gasteiger partial charge is 0.392 e. The summed E-state index contributed by atoms with van der Waals surface area (Å²) in [6.07, 6.45) is 0.723. The highest BCUT2D eigenvalue weighted by Gasteiger charge is 2.33. The van der Waals surface area contributed by atoms with Crippen molar-refractivity contribution in [2.24, 2.45) is 0 Å². The van der Waals surface area contributed by atoms with Crippen LogP contribution in [0.2, 0.25) is 0 Å². The van der Waals surface area contributed by atoms with Crippen LogP contribution in [-0.4, -0.2) is 30.4 Å². The van der Waals surface area contributed by atoms with Gasteiger partial charge in [-0.3, -0.25) is 0 Å². The number of hydrogen-bond acceptors (Lipinski definition) is 3. The number of aryl methyl sites for hydroxylation is 2. The quantitative estimate of drug-likeness (QED) is 0.909. The Balaban J connectivity index is 3.43. The maximum Gasteiger partial charge on any atom is 0.243 e. The monoisotopic (exact) mass is 299 g/mol. The standard InChI is InChI=1S/C15H25NO3S/c1-7-15(4,5)16(6)20(18,19)14-9-13(10-17)11(2)8-12(14)3/h8-9,17H,7,10H2,1-6H3. The summed E-state index contributed by atoms with van der Waals surface area (Å²) in [5.41, 5.74) is 1.81. The Morgan fingerprint density at radius 3 is 2.20 bits per heavy atom. The number of nitrogens with zero attached hydrogens (tertiary/aromatic N) is 1. The molecule has 1 aromatic carbocycles. The first-order valence-electron chi connectivity index (χ1n) is 6.78. The number of aliphatic hydroxyl groups is 1. The first kappa shape index (κ1) is 17.1. The molecule has 4 nitrogen and oxygen atoms in total. The Morgan fingerprint density at radius 2 is 1.75 bits per heavy atom. The van der Waals surface area contributed by atoms with Gasteiger partial charge in [0.15, 0.2) is 0 Å². The van der Waals surface area contributed by atoms with Crippen molar-refractivity contribution >= 4 is 10.0 Å². The average molecular weight is 299 g/mol. The van der Waals surface area contributed by atoms with Gasteiger partial charge in [0.2, 0.25) is 10.0 Å². The Hall–Kier alpha value is -0.910. The lowest BCUT2D eigenvalue weighted by atomic mass is 10.0. The molecule has 5 heteroatoms. The third kappa shape index (κ3) is 3.05. The van der Waals surface area contributed by atoms with Crippen LogP contribution in [0.4, 0.5) is 0 Å². The molecule has 0 amide bonds. The van der Waals surface area contributed by atoms with Crippen LogP contribution < -0.4 is 0 Å². The number of aliphatic hydroxyl groups excluding tert-OH is 1. The minimum absolute atomic E-state index is 0.157. The van der Waals surface area contributed by atoms with Gasteiger partial charge in [-0.1, -0.05) is 13.0 Å². The van der Waals surface area contributed by atoms with Crippen LogP contribution in [0.3, 0.4) is 0 Å². The molecule has 0 radical (unpaired) electrons. The van der Waals surface area contributed by atoms with E-state index in [2.05, 4.69) is 0 Å². The molecule has 0 unspecified atom stereocenters. The van der Waals surface area contributed by atoms with Crippen molar-refractivity contribution in [3.05, 3.63) is 28.8 Å². The molecule has 20 heavy (non-hydrogen) atoms. The molecule has 0 atom stereocenters. The Bertz CT molecular complexity index is 591. The van der Waals surface area contributed by atoms with Gasteiger partial charge >= 0.3 is 0 Å². The van der Waals surface area contributed by atoms with Crippen LogP contribution in [0, 0.1) is 13.8 Å². The molecule has 0 fully saturated rings. The molecule has 0 aromatic heterocycles. The van der Waals surface area contributed by atoms with Crippen molar-refractivity contribution in [1.82, 2.24) is 4.31 Å². The molecule has 0 bridgehead atoms. The zero-order valence-electron chi connectivity index (χ0n) is 13.2. The van der Waals surface area contributed by atoms with Gasteiger partial charge in [-0.15, -0.1) is 0 Å². The molecule has 1 N–H and O–H groups in total. The second-order valence-corrected chi connectivity index (χ2v) is 7.78. The summed E-state index contributed by atoms with van der Waals surface area (Å²) in [6.45, 7) is 9.27. The fraction of sp³-hybridized carbons (Fsp3) is 0.600. The third-order valence-corrected chi connectivity index (χ3v) is 6.37. The molecular formula is C15H25NO3S. The van der Waals surface area contributed by atoms with E-state index in [4.69, 9.17) is 0 Å². The fourth-order valence-electron chi connectivity index (χ4n) is 2.02. The zero-order chi connectivity index (χ0) is 15.7. The summed E-state index contributed by atoms with van der Waals surface area (Å²) in [4.78, 5) is 0.274. The number of sulfonamides is 1. The highest BCUT2D eigenvalue weighted by molar-refractivity contribution is 7.89. The Kier molecular flexibility index (Phi) is 5.00. The Morgan fingerprint density at radius 1 is 1.20 bits per heavy atom. The van der Waals surface area contributed by atoms with Crippen molar-refractivity contribution in [2.45, 2.75) is 58.1 Å². The van der Waals surface area contributed by atoms with Crippen LogP contribution in [0.25, 0.3) is 0 Å². The molecule has 0 spiro atoms.